The summed E-state index contributed by atoms with van der Waals surface area (Å²) in [6.07, 6.45) is 2.76. The summed E-state index contributed by atoms with van der Waals surface area (Å²) in [5.74, 6) is -1.30. The summed E-state index contributed by atoms with van der Waals surface area (Å²) >= 11 is 4.55. The van der Waals surface area contributed by atoms with Gasteiger partial charge in [0.15, 0.2) is 6.61 Å². The molecule has 0 atom stereocenters. The Balaban J connectivity index is 1.86. The van der Waals surface area contributed by atoms with Crippen LogP contribution in [0.2, 0.25) is 0 Å². The predicted molar refractivity (Wildman–Crippen MR) is 94.1 cm³/mol. The van der Waals surface area contributed by atoms with Crippen molar-refractivity contribution in [2.45, 2.75) is 0 Å². The Bertz CT molecular complexity index is 777. The minimum absolute atomic E-state index is 0.255. The molecule has 1 aromatic heterocycles. The Morgan fingerprint density at radius 3 is 2.42 bits per heavy atom. The van der Waals surface area contributed by atoms with E-state index in [2.05, 4.69) is 20.7 Å². The number of rotatable bonds is 6. The summed E-state index contributed by atoms with van der Waals surface area (Å²) in [7, 11) is 1.31. The van der Waals surface area contributed by atoms with E-state index >= 15 is 0 Å². The number of hydrogen-bond donors (Lipinski definition) is 0. The minimum atomic E-state index is -0.615. The zero-order valence-electron chi connectivity index (χ0n) is 12.7. The van der Waals surface area contributed by atoms with Gasteiger partial charge < -0.3 is 9.47 Å². The second kappa shape index (κ2) is 8.56. The monoisotopic (exact) mass is 408 g/mol. The average Bonchev–Trinajstić information content (AvgIpc) is 3.04. The van der Waals surface area contributed by atoms with E-state index in [1.807, 2.05) is 0 Å². The van der Waals surface area contributed by atoms with Crippen LogP contribution in [0.25, 0.3) is 6.08 Å². The van der Waals surface area contributed by atoms with Gasteiger partial charge in [-0.25, -0.2) is 9.59 Å². The Morgan fingerprint density at radius 1 is 1.12 bits per heavy atom. The van der Waals surface area contributed by atoms with Crippen molar-refractivity contribution in [2.75, 3.05) is 13.7 Å². The summed E-state index contributed by atoms with van der Waals surface area (Å²) < 4.78 is 10.4. The van der Waals surface area contributed by atoms with Crippen molar-refractivity contribution in [3.63, 3.8) is 0 Å². The molecule has 2 aromatic rings. The Kier molecular flexibility index (Phi) is 6.45. The van der Waals surface area contributed by atoms with E-state index in [0.29, 0.717) is 16.0 Å². The molecule has 0 aliphatic rings. The maximum absolute atomic E-state index is 11.8. The van der Waals surface area contributed by atoms with Gasteiger partial charge in [0.25, 0.3) is 0 Å². The van der Waals surface area contributed by atoms with Gasteiger partial charge >= 0.3 is 11.9 Å². The van der Waals surface area contributed by atoms with Crippen LogP contribution in [0.1, 0.15) is 25.6 Å². The van der Waals surface area contributed by atoms with Crippen LogP contribution in [0.4, 0.5) is 0 Å². The molecule has 0 saturated carbocycles. The minimum Gasteiger partial charge on any atom is -0.465 e. The van der Waals surface area contributed by atoms with E-state index in [-0.39, 0.29) is 12.4 Å². The van der Waals surface area contributed by atoms with E-state index < -0.39 is 11.9 Å². The van der Waals surface area contributed by atoms with Gasteiger partial charge in [-0.05, 0) is 51.8 Å². The molecular formula is C17H13BrO5S. The first kappa shape index (κ1) is 18.1. The maximum atomic E-state index is 11.8. The summed E-state index contributed by atoms with van der Waals surface area (Å²) in [6.45, 7) is -0.308. The van der Waals surface area contributed by atoms with Gasteiger partial charge in [-0.1, -0.05) is 12.1 Å². The second-order valence-corrected chi connectivity index (χ2v) is 7.04. The van der Waals surface area contributed by atoms with Crippen LogP contribution in [0, 0.1) is 0 Å². The van der Waals surface area contributed by atoms with Crippen molar-refractivity contribution in [1.82, 2.24) is 0 Å². The lowest BCUT2D eigenvalue weighted by Gasteiger charge is -2.00. The lowest BCUT2D eigenvalue weighted by molar-refractivity contribution is -0.136. The highest BCUT2D eigenvalue weighted by Gasteiger charge is 2.10. The van der Waals surface area contributed by atoms with E-state index in [1.54, 1.807) is 36.4 Å². The van der Waals surface area contributed by atoms with Gasteiger partial charge in [0.2, 0.25) is 5.78 Å². The number of carbonyl (C=O) groups excluding carboxylic acids is 3. The number of methoxy groups -OCH3 is 1. The molecule has 7 heteroatoms. The third kappa shape index (κ3) is 5.14. The SMILES string of the molecule is COC(=O)c1ccc(C=CC(=O)OCC(=O)c2ccc(Br)s2)cc1. The highest BCUT2D eigenvalue weighted by atomic mass is 79.9. The first-order valence-corrected chi connectivity index (χ1v) is 8.42. The van der Waals surface area contributed by atoms with Crippen molar-refractivity contribution in [1.29, 1.82) is 0 Å². The van der Waals surface area contributed by atoms with Crippen LogP contribution >= 0.6 is 27.3 Å². The third-order valence-corrected chi connectivity index (χ3v) is 4.60. The number of ether oxygens (including phenoxy) is 2. The fourth-order valence-electron chi connectivity index (χ4n) is 1.73. The summed E-state index contributed by atoms with van der Waals surface area (Å²) in [6, 6.07) is 9.96. The normalized spacial score (nSPS) is 10.6. The van der Waals surface area contributed by atoms with E-state index in [0.717, 1.165) is 3.79 Å². The van der Waals surface area contributed by atoms with Gasteiger partial charge in [0, 0.05) is 6.08 Å². The number of thiophene rings is 1. The zero-order chi connectivity index (χ0) is 17.5. The Hall–Kier alpha value is -2.25. The molecule has 0 aliphatic carbocycles. The molecule has 2 rings (SSSR count). The first-order chi connectivity index (χ1) is 11.5. The highest BCUT2D eigenvalue weighted by molar-refractivity contribution is 9.11. The zero-order valence-corrected chi connectivity index (χ0v) is 15.1. The summed E-state index contributed by atoms with van der Waals surface area (Å²) in [5, 5.41) is 0. The van der Waals surface area contributed by atoms with Crippen LogP contribution in [0.15, 0.2) is 46.3 Å². The van der Waals surface area contributed by atoms with Crippen LogP contribution in [-0.2, 0) is 14.3 Å². The van der Waals surface area contributed by atoms with Gasteiger partial charge in [-0.15, -0.1) is 11.3 Å². The van der Waals surface area contributed by atoms with Crippen molar-refractivity contribution in [3.8, 4) is 0 Å². The fourth-order valence-corrected chi connectivity index (χ4v) is 3.04. The molecule has 24 heavy (non-hydrogen) atoms. The molecule has 1 aromatic carbocycles. The van der Waals surface area contributed by atoms with Gasteiger partial charge in [0.05, 0.1) is 21.3 Å². The standard InChI is InChI=1S/C17H13BrO5S/c1-22-17(21)12-5-2-11(3-6-12)4-9-16(20)23-10-13(19)14-7-8-15(18)24-14/h2-9H,10H2,1H3. The van der Waals surface area contributed by atoms with Crippen molar-refractivity contribution in [2.24, 2.45) is 0 Å². The number of halogens is 1. The van der Waals surface area contributed by atoms with Crippen LogP contribution in [0.3, 0.4) is 0 Å². The number of esters is 2. The van der Waals surface area contributed by atoms with Gasteiger partial charge in [-0.3, -0.25) is 4.79 Å². The van der Waals surface area contributed by atoms with Gasteiger partial charge in [0.1, 0.15) is 0 Å². The molecule has 0 fully saturated rings. The fraction of sp³-hybridized carbons (Fsp3) is 0.118. The molecule has 0 saturated heterocycles. The van der Waals surface area contributed by atoms with Gasteiger partial charge in [-0.2, -0.15) is 0 Å². The number of hydrogen-bond acceptors (Lipinski definition) is 6. The first-order valence-electron chi connectivity index (χ1n) is 6.81. The third-order valence-electron chi connectivity index (χ3n) is 2.94. The molecule has 1 heterocycles. The smallest absolute Gasteiger partial charge is 0.337 e. The summed E-state index contributed by atoms with van der Waals surface area (Å²) in [5.41, 5.74) is 1.14. The average molecular weight is 409 g/mol. The van der Waals surface area contributed by atoms with Crippen LogP contribution in [0.5, 0.6) is 0 Å². The molecule has 5 nitrogen and oxygen atoms in total. The lowest BCUT2D eigenvalue weighted by atomic mass is 10.1. The van der Waals surface area contributed by atoms with E-state index in [4.69, 9.17) is 4.74 Å². The largest absolute Gasteiger partial charge is 0.465 e. The molecule has 124 valence electrons. The predicted octanol–water partition coefficient (Wildman–Crippen LogP) is 3.74. The number of Topliss-reactive ketones (excluding diaryl/α,β-unsaturated/α-hetero) is 1. The molecular weight excluding hydrogens is 396 g/mol. The second-order valence-electron chi connectivity index (χ2n) is 4.58. The molecule has 0 unspecified atom stereocenters. The van der Waals surface area contributed by atoms with Crippen LogP contribution in [-0.4, -0.2) is 31.4 Å². The molecule has 0 N–H and O–H groups in total. The van der Waals surface area contributed by atoms with Crippen molar-refractivity contribution < 1.29 is 23.9 Å². The number of ketones is 1. The quantitative estimate of drug-likeness (QED) is 0.413. The van der Waals surface area contributed by atoms with E-state index in [9.17, 15) is 14.4 Å². The highest BCUT2D eigenvalue weighted by Crippen LogP contribution is 2.22. The topological polar surface area (TPSA) is 69.7 Å². The van der Waals surface area contributed by atoms with Crippen LogP contribution < -0.4 is 0 Å². The lowest BCUT2D eigenvalue weighted by Crippen LogP contribution is -2.11. The Labute approximate surface area is 151 Å². The Morgan fingerprint density at radius 2 is 1.83 bits per heavy atom. The maximum Gasteiger partial charge on any atom is 0.337 e. The molecule has 0 radical (unpaired) electrons. The van der Waals surface area contributed by atoms with Crippen molar-refractivity contribution >= 4 is 51.1 Å². The number of benzene rings is 1. The van der Waals surface area contributed by atoms with E-state index in [1.165, 1.54) is 30.6 Å². The molecule has 0 aliphatic heterocycles. The summed E-state index contributed by atoms with van der Waals surface area (Å²) in [4.78, 5) is 35.3. The van der Waals surface area contributed by atoms with Crippen molar-refractivity contribution in [3.05, 3.63) is 62.3 Å². The molecule has 0 spiro atoms. The number of carbonyl (C=O) groups is 3. The molecule has 0 amide bonds. The molecule has 0 bridgehead atoms.